The Hall–Kier alpha value is -2.81. The van der Waals surface area contributed by atoms with E-state index in [-0.39, 0.29) is 5.91 Å². The predicted molar refractivity (Wildman–Crippen MR) is 104 cm³/mol. The quantitative estimate of drug-likeness (QED) is 0.777. The standard InChI is InChI=1S/C21H27N3O3/c1-20(2,3)27-19(26)23-15-21(11-4-5-12-21)24-18(25)10-9-16-7-6-8-17(13-16)14-22/h6-10,13H,4-5,11-12,15H2,1-3H3,(H,23,26)(H,24,25)/b10-9+. The summed E-state index contributed by atoms with van der Waals surface area (Å²) in [5, 5.41) is 14.8. The molecule has 1 aliphatic rings. The first-order valence-electron chi connectivity index (χ1n) is 9.19. The Morgan fingerprint density at radius 1 is 1.30 bits per heavy atom. The van der Waals surface area contributed by atoms with Gasteiger partial charge in [-0.1, -0.05) is 25.0 Å². The SMILES string of the molecule is CC(C)(C)OC(=O)NCC1(NC(=O)/C=C/c2cccc(C#N)c2)CCCC1. The summed E-state index contributed by atoms with van der Waals surface area (Å²) in [5.74, 6) is -0.217. The van der Waals surface area contributed by atoms with Crippen molar-refractivity contribution in [2.45, 2.75) is 57.6 Å². The van der Waals surface area contributed by atoms with Crippen LogP contribution >= 0.6 is 0 Å². The van der Waals surface area contributed by atoms with E-state index in [0.717, 1.165) is 31.2 Å². The summed E-state index contributed by atoms with van der Waals surface area (Å²) in [5.41, 5.74) is 0.326. The van der Waals surface area contributed by atoms with Crippen LogP contribution in [0.5, 0.6) is 0 Å². The van der Waals surface area contributed by atoms with Crippen molar-refractivity contribution in [2.24, 2.45) is 0 Å². The van der Waals surface area contributed by atoms with Crippen molar-refractivity contribution in [3.8, 4) is 6.07 Å². The van der Waals surface area contributed by atoms with Crippen molar-refractivity contribution in [1.82, 2.24) is 10.6 Å². The molecular weight excluding hydrogens is 342 g/mol. The smallest absolute Gasteiger partial charge is 0.407 e. The summed E-state index contributed by atoms with van der Waals surface area (Å²) < 4.78 is 5.27. The third-order valence-electron chi connectivity index (χ3n) is 4.36. The molecule has 1 aromatic carbocycles. The van der Waals surface area contributed by atoms with E-state index in [4.69, 9.17) is 10.00 Å². The Labute approximate surface area is 160 Å². The van der Waals surface area contributed by atoms with Crippen LogP contribution in [0.15, 0.2) is 30.3 Å². The van der Waals surface area contributed by atoms with E-state index < -0.39 is 17.2 Å². The lowest BCUT2D eigenvalue weighted by molar-refractivity contribution is -0.118. The molecule has 1 aromatic rings. The van der Waals surface area contributed by atoms with E-state index in [1.165, 1.54) is 6.08 Å². The highest BCUT2D eigenvalue weighted by molar-refractivity contribution is 5.92. The number of alkyl carbamates (subject to hydrolysis) is 1. The zero-order valence-corrected chi connectivity index (χ0v) is 16.2. The number of rotatable bonds is 5. The van der Waals surface area contributed by atoms with Gasteiger partial charge in [-0.15, -0.1) is 0 Å². The second kappa shape index (κ2) is 8.72. The van der Waals surface area contributed by atoms with E-state index in [1.807, 2.05) is 26.8 Å². The molecule has 0 heterocycles. The highest BCUT2D eigenvalue weighted by Gasteiger charge is 2.35. The molecule has 2 rings (SSSR count). The summed E-state index contributed by atoms with van der Waals surface area (Å²) in [4.78, 5) is 24.3. The number of benzene rings is 1. The molecule has 0 spiro atoms. The average Bonchev–Trinajstić information content (AvgIpc) is 3.06. The number of carbonyl (C=O) groups is 2. The van der Waals surface area contributed by atoms with E-state index in [2.05, 4.69) is 16.7 Å². The van der Waals surface area contributed by atoms with Gasteiger partial charge in [-0.2, -0.15) is 5.26 Å². The lowest BCUT2D eigenvalue weighted by Gasteiger charge is -2.30. The minimum atomic E-state index is -0.559. The topological polar surface area (TPSA) is 91.2 Å². The lowest BCUT2D eigenvalue weighted by atomic mass is 9.97. The minimum Gasteiger partial charge on any atom is -0.444 e. The van der Waals surface area contributed by atoms with Crippen molar-refractivity contribution >= 4 is 18.1 Å². The lowest BCUT2D eigenvalue weighted by Crippen LogP contribution is -2.54. The molecule has 0 atom stereocenters. The van der Waals surface area contributed by atoms with Gasteiger partial charge >= 0.3 is 6.09 Å². The molecule has 144 valence electrons. The monoisotopic (exact) mass is 369 g/mol. The number of carbonyl (C=O) groups excluding carboxylic acids is 2. The summed E-state index contributed by atoms with van der Waals surface area (Å²) in [6.45, 7) is 5.77. The molecule has 2 N–H and O–H groups in total. The molecule has 0 aromatic heterocycles. The number of nitrogens with one attached hydrogen (secondary N) is 2. The van der Waals surface area contributed by atoms with Crippen LogP contribution in [0.3, 0.4) is 0 Å². The van der Waals surface area contributed by atoms with Gasteiger partial charge in [0.15, 0.2) is 0 Å². The van der Waals surface area contributed by atoms with Gasteiger partial charge in [0, 0.05) is 12.6 Å². The van der Waals surface area contributed by atoms with Crippen molar-refractivity contribution in [1.29, 1.82) is 5.26 Å². The highest BCUT2D eigenvalue weighted by atomic mass is 16.6. The van der Waals surface area contributed by atoms with Crippen LogP contribution in [0.1, 0.15) is 57.6 Å². The van der Waals surface area contributed by atoms with Gasteiger partial charge in [-0.25, -0.2) is 4.79 Å². The second-order valence-electron chi connectivity index (χ2n) is 7.90. The van der Waals surface area contributed by atoms with Gasteiger partial charge in [0.1, 0.15) is 5.60 Å². The molecule has 2 amide bonds. The maximum absolute atomic E-state index is 12.4. The average molecular weight is 369 g/mol. The molecule has 1 saturated carbocycles. The molecule has 0 saturated heterocycles. The molecule has 0 radical (unpaired) electrons. The number of ether oxygens (including phenoxy) is 1. The van der Waals surface area contributed by atoms with Gasteiger partial charge in [0.05, 0.1) is 17.2 Å². The van der Waals surface area contributed by atoms with Crippen LogP contribution < -0.4 is 10.6 Å². The second-order valence-corrected chi connectivity index (χ2v) is 7.90. The maximum atomic E-state index is 12.4. The van der Waals surface area contributed by atoms with Gasteiger partial charge < -0.3 is 15.4 Å². The molecular formula is C21H27N3O3. The number of nitriles is 1. The Morgan fingerprint density at radius 3 is 2.63 bits per heavy atom. The third kappa shape index (κ3) is 6.78. The first kappa shape index (κ1) is 20.5. The molecule has 0 bridgehead atoms. The molecule has 1 aliphatic carbocycles. The van der Waals surface area contributed by atoms with Crippen LogP contribution in [0.2, 0.25) is 0 Å². The van der Waals surface area contributed by atoms with Gasteiger partial charge in [0.2, 0.25) is 5.91 Å². The maximum Gasteiger partial charge on any atom is 0.407 e. The molecule has 27 heavy (non-hydrogen) atoms. The van der Waals surface area contributed by atoms with Gasteiger partial charge in [-0.05, 0) is 57.4 Å². The fourth-order valence-electron chi connectivity index (χ4n) is 3.14. The molecule has 0 aliphatic heterocycles. The number of amides is 2. The van der Waals surface area contributed by atoms with Gasteiger partial charge in [0.25, 0.3) is 0 Å². The van der Waals surface area contributed by atoms with E-state index >= 15 is 0 Å². The molecule has 6 heteroatoms. The summed E-state index contributed by atoms with van der Waals surface area (Å²) in [6.07, 6.45) is 6.30. The van der Waals surface area contributed by atoms with Crippen molar-refractivity contribution in [3.63, 3.8) is 0 Å². The fraction of sp³-hybridized carbons (Fsp3) is 0.476. The molecule has 0 unspecified atom stereocenters. The van der Waals surface area contributed by atoms with Crippen LogP contribution in [0.4, 0.5) is 4.79 Å². The molecule has 1 fully saturated rings. The summed E-state index contributed by atoms with van der Waals surface area (Å²) in [6, 6.07) is 9.12. The van der Waals surface area contributed by atoms with Crippen molar-refractivity contribution in [2.75, 3.05) is 6.54 Å². The van der Waals surface area contributed by atoms with Crippen LogP contribution in [0.25, 0.3) is 6.08 Å². The van der Waals surface area contributed by atoms with Crippen molar-refractivity contribution < 1.29 is 14.3 Å². The van der Waals surface area contributed by atoms with E-state index in [1.54, 1.807) is 24.3 Å². The summed E-state index contributed by atoms with van der Waals surface area (Å²) in [7, 11) is 0. The molecule has 6 nitrogen and oxygen atoms in total. The Morgan fingerprint density at radius 2 is 2.00 bits per heavy atom. The van der Waals surface area contributed by atoms with Crippen LogP contribution in [-0.4, -0.2) is 29.7 Å². The first-order valence-corrected chi connectivity index (χ1v) is 9.19. The Kier molecular flexibility index (Phi) is 6.62. The first-order chi connectivity index (χ1) is 12.7. The van der Waals surface area contributed by atoms with Gasteiger partial charge in [-0.3, -0.25) is 4.79 Å². The third-order valence-corrected chi connectivity index (χ3v) is 4.36. The number of hydrogen-bond acceptors (Lipinski definition) is 4. The number of hydrogen-bond donors (Lipinski definition) is 2. The largest absolute Gasteiger partial charge is 0.444 e. The zero-order valence-electron chi connectivity index (χ0n) is 16.2. The fourth-order valence-corrected chi connectivity index (χ4v) is 3.14. The Balaban J connectivity index is 1.96. The van der Waals surface area contributed by atoms with E-state index in [0.29, 0.717) is 12.1 Å². The van der Waals surface area contributed by atoms with Crippen LogP contribution in [0, 0.1) is 11.3 Å². The van der Waals surface area contributed by atoms with E-state index in [9.17, 15) is 9.59 Å². The minimum absolute atomic E-state index is 0.217. The predicted octanol–water partition coefficient (Wildman–Crippen LogP) is 3.53. The highest BCUT2D eigenvalue weighted by Crippen LogP contribution is 2.29. The summed E-state index contributed by atoms with van der Waals surface area (Å²) >= 11 is 0. The Bertz CT molecular complexity index is 751. The zero-order chi connectivity index (χ0) is 19.9. The van der Waals surface area contributed by atoms with Crippen molar-refractivity contribution in [3.05, 3.63) is 41.5 Å². The van der Waals surface area contributed by atoms with Crippen LogP contribution in [-0.2, 0) is 9.53 Å². The number of nitrogens with zero attached hydrogens (tertiary/aromatic N) is 1. The normalized spacial score (nSPS) is 15.9.